The highest BCUT2D eigenvalue weighted by Crippen LogP contribution is 2.22. The fourth-order valence-corrected chi connectivity index (χ4v) is 2.84. The second-order valence-corrected chi connectivity index (χ2v) is 5.54. The molecule has 0 aromatic heterocycles. The lowest BCUT2D eigenvalue weighted by Gasteiger charge is -2.13. The van der Waals surface area contributed by atoms with Crippen LogP contribution in [0.1, 0.15) is 17.3 Å². The van der Waals surface area contributed by atoms with Crippen LogP contribution in [0.15, 0.2) is 18.2 Å². The Balaban J connectivity index is 2.19. The molecule has 1 unspecified atom stereocenters. The smallest absolute Gasteiger partial charge is 0.337 e. The summed E-state index contributed by atoms with van der Waals surface area (Å²) in [6.45, 7) is 1.33. The third-order valence-electron chi connectivity index (χ3n) is 2.86. The molecule has 1 aliphatic heterocycles. The molecule has 0 radical (unpaired) electrons. The molecule has 0 aliphatic carbocycles. The number of carbonyl (C=O) groups excluding carboxylic acids is 2. The molecule has 4 N–H and O–H groups in total. The van der Waals surface area contributed by atoms with Gasteiger partial charge in [0, 0.05) is 24.2 Å². The molecule has 1 atom stereocenters. The van der Waals surface area contributed by atoms with Crippen molar-refractivity contribution in [1.29, 1.82) is 0 Å². The van der Waals surface area contributed by atoms with Gasteiger partial charge in [0.05, 0.1) is 17.3 Å². The minimum atomic E-state index is -1.17. The average molecular weight is 309 g/mol. The zero-order chi connectivity index (χ0) is 15.4. The average Bonchev–Trinajstić information content (AvgIpc) is 2.93. The summed E-state index contributed by atoms with van der Waals surface area (Å²) in [6, 6.07) is 4.00. The second-order valence-electron chi connectivity index (χ2n) is 4.51. The number of thioether (sulfide) groups is 1. The number of amides is 2. The molecule has 1 aromatic carbocycles. The van der Waals surface area contributed by atoms with Crippen molar-refractivity contribution in [1.82, 2.24) is 5.32 Å². The molecule has 21 heavy (non-hydrogen) atoms. The van der Waals surface area contributed by atoms with Crippen molar-refractivity contribution in [2.75, 3.05) is 22.3 Å². The molecule has 1 aromatic rings. The van der Waals surface area contributed by atoms with E-state index in [0.717, 1.165) is 0 Å². The standard InChI is InChI=1S/C13H15N3O4S/c1-7(17)15-8-2-3-10(9(4-8)13(19)20)16-12(18)11-5-21-6-14-11/h2-4,11,14H,5-6H2,1H3,(H,15,17)(H,16,18)(H,19,20). The van der Waals surface area contributed by atoms with Gasteiger partial charge >= 0.3 is 5.97 Å². The molecule has 0 bridgehead atoms. The summed E-state index contributed by atoms with van der Waals surface area (Å²) in [5, 5.41) is 17.3. The minimum absolute atomic E-state index is 0.0692. The van der Waals surface area contributed by atoms with Crippen molar-refractivity contribution in [2.24, 2.45) is 0 Å². The van der Waals surface area contributed by atoms with E-state index in [-0.39, 0.29) is 29.1 Å². The van der Waals surface area contributed by atoms with Gasteiger partial charge in [0.2, 0.25) is 11.8 Å². The van der Waals surface area contributed by atoms with Gasteiger partial charge in [0.15, 0.2) is 0 Å². The Hall–Kier alpha value is -2.06. The van der Waals surface area contributed by atoms with E-state index in [1.54, 1.807) is 17.8 Å². The number of hydrogen-bond acceptors (Lipinski definition) is 5. The van der Waals surface area contributed by atoms with Crippen LogP contribution in [-0.4, -0.2) is 40.6 Å². The first-order chi connectivity index (χ1) is 9.97. The van der Waals surface area contributed by atoms with E-state index in [4.69, 9.17) is 0 Å². The Morgan fingerprint density at radius 1 is 1.33 bits per heavy atom. The fraction of sp³-hybridized carbons (Fsp3) is 0.308. The molecule has 2 amide bonds. The van der Waals surface area contributed by atoms with Gasteiger partial charge in [-0.2, -0.15) is 0 Å². The Morgan fingerprint density at radius 3 is 2.67 bits per heavy atom. The minimum Gasteiger partial charge on any atom is -0.478 e. The lowest BCUT2D eigenvalue weighted by Crippen LogP contribution is -2.37. The van der Waals surface area contributed by atoms with E-state index in [0.29, 0.717) is 17.3 Å². The van der Waals surface area contributed by atoms with Crippen LogP contribution in [0.3, 0.4) is 0 Å². The molecule has 0 spiro atoms. The molecule has 1 aliphatic rings. The van der Waals surface area contributed by atoms with Crippen molar-refractivity contribution in [3.05, 3.63) is 23.8 Å². The van der Waals surface area contributed by atoms with Crippen molar-refractivity contribution in [3.63, 3.8) is 0 Å². The van der Waals surface area contributed by atoms with Crippen LogP contribution < -0.4 is 16.0 Å². The normalized spacial score (nSPS) is 17.3. The maximum absolute atomic E-state index is 12.0. The molecule has 112 valence electrons. The Bertz CT molecular complexity index is 585. The predicted molar refractivity (Wildman–Crippen MR) is 80.6 cm³/mol. The Labute approximate surface area is 125 Å². The van der Waals surface area contributed by atoms with E-state index >= 15 is 0 Å². The maximum atomic E-state index is 12.0. The fourth-order valence-electron chi connectivity index (χ4n) is 1.89. The van der Waals surface area contributed by atoms with Gasteiger partial charge in [0.25, 0.3) is 0 Å². The Kier molecular flexibility index (Phi) is 4.81. The number of carboxylic acids is 1. The summed E-state index contributed by atoms with van der Waals surface area (Å²) in [4.78, 5) is 34.3. The van der Waals surface area contributed by atoms with Crippen LogP contribution >= 0.6 is 11.8 Å². The number of benzene rings is 1. The lowest BCUT2D eigenvalue weighted by molar-refractivity contribution is -0.117. The van der Waals surface area contributed by atoms with Crippen molar-refractivity contribution < 1.29 is 19.5 Å². The highest BCUT2D eigenvalue weighted by Gasteiger charge is 2.24. The van der Waals surface area contributed by atoms with Crippen LogP contribution in [0.4, 0.5) is 11.4 Å². The zero-order valence-electron chi connectivity index (χ0n) is 11.3. The highest BCUT2D eigenvalue weighted by molar-refractivity contribution is 7.99. The predicted octanol–water partition coefficient (Wildman–Crippen LogP) is 0.944. The van der Waals surface area contributed by atoms with Gasteiger partial charge in [-0.05, 0) is 18.2 Å². The molecule has 8 heteroatoms. The first-order valence-corrected chi connectivity index (χ1v) is 7.40. The van der Waals surface area contributed by atoms with Crippen LogP contribution in [0.25, 0.3) is 0 Å². The van der Waals surface area contributed by atoms with E-state index in [9.17, 15) is 19.5 Å². The van der Waals surface area contributed by atoms with Crippen molar-refractivity contribution >= 4 is 40.9 Å². The van der Waals surface area contributed by atoms with Crippen LogP contribution in [0.2, 0.25) is 0 Å². The van der Waals surface area contributed by atoms with E-state index in [1.807, 2.05) is 0 Å². The third-order valence-corrected chi connectivity index (χ3v) is 3.80. The van der Waals surface area contributed by atoms with Gasteiger partial charge < -0.3 is 15.7 Å². The number of carboxylic acid groups (broad SMARTS) is 1. The number of anilines is 2. The third kappa shape index (κ3) is 3.96. The van der Waals surface area contributed by atoms with E-state index in [2.05, 4.69) is 16.0 Å². The molecule has 2 rings (SSSR count). The second kappa shape index (κ2) is 6.59. The summed E-state index contributed by atoms with van der Waals surface area (Å²) >= 11 is 1.61. The number of rotatable bonds is 4. The highest BCUT2D eigenvalue weighted by atomic mass is 32.2. The summed E-state index contributed by atoms with van der Waals surface area (Å²) in [5.41, 5.74) is 0.507. The summed E-state index contributed by atoms with van der Waals surface area (Å²) < 4.78 is 0. The number of aromatic carboxylic acids is 1. The number of hydrogen-bond donors (Lipinski definition) is 4. The maximum Gasteiger partial charge on any atom is 0.337 e. The molecular formula is C13H15N3O4S. The van der Waals surface area contributed by atoms with Gasteiger partial charge in [0.1, 0.15) is 0 Å². The van der Waals surface area contributed by atoms with Gasteiger partial charge in [-0.3, -0.25) is 14.9 Å². The molecule has 1 saturated heterocycles. The number of nitrogens with one attached hydrogen (secondary N) is 3. The first kappa shape index (κ1) is 15.3. The van der Waals surface area contributed by atoms with E-state index < -0.39 is 5.97 Å². The van der Waals surface area contributed by atoms with Crippen LogP contribution in [0, 0.1) is 0 Å². The number of carbonyl (C=O) groups is 3. The van der Waals surface area contributed by atoms with E-state index in [1.165, 1.54) is 19.1 Å². The topological polar surface area (TPSA) is 108 Å². The zero-order valence-corrected chi connectivity index (χ0v) is 12.1. The van der Waals surface area contributed by atoms with Crippen LogP contribution in [0.5, 0.6) is 0 Å². The molecule has 7 nitrogen and oxygen atoms in total. The summed E-state index contributed by atoms with van der Waals surface area (Å²) in [7, 11) is 0. The first-order valence-electron chi connectivity index (χ1n) is 6.24. The Morgan fingerprint density at radius 2 is 2.10 bits per heavy atom. The van der Waals surface area contributed by atoms with Crippen molar-refractivity contribution in [2.45, 2.75) is 13.0 Å². The SMILES string of the molecule is CC(=O)Nc1ccc(NC(=O)C2CSCN2)c(C(=O)O)c1. The monoisotopic (exact) mass is 309 g/mol. The molecule has 1 fully saturated rings. The molecule has 1 heterocycles. The quantitative estimate of drug-likeness (QED) is 0.659. The summed E-state index contributed by atoms with van der Waals surface area (Å²) in [6.07, 6.45) is 0. The molecule has 0 saturated carbocycles. The lowest BCUT2D eigenvalue weighted by atomic mass is 10.1. The largest absolute Gasteiger partial charge is 0.478 e. The van der Waals surface area contributed by atoms with Gasteiger partial charge in [-0.15, -0.1) is 11.8 Å². The van der Waals surface area contributed by atoms with Gasteiger partial charge in [-0.25, -0.2) is 4.79 Å². The summed E-state index contributed by atoms with van der Waals surface area (Å²) in [5.74, 6) is -0.389. The molecular weight excluding hydrogens is 294 g/mol. The van der Waals surface area contributed by atoms with Crippen LogP contribution in [-0.2, 0) is 9.59 Å². The van der Waals surface area contributed by atoms with Gasteiger partial charge in [-0.1, -0.05) is 0 Å². The van der Waals surface area contributed by atoms with Crippen molar-refractivity contribution in [3.8, 4) is 0 Å².